The Morgan fingerprint density at radius 3 is 2.40 bits per heavy atom. The predicted molar refractivity (Wildman–Crippen MR) is 105 cm³/mol. The molecule has 0 saturated carbocycles. The second kappa shape index (κ2) is 8.54. The van der Waals surface area contributed by atoms with E-state index in [2.05, 4.69) is 30.5 Å². The summed E-state index contributed by atoms with van der Waals surface area (Å²) >= 11 is 6.04. The third-order valence-corrected chi connectivity index (χ3v) is 4.74. The number of primary amides is 1. The van der Waals surface area contributed by atoms with E-state index in [0.717, 1.165) is 49.2 Å². The summed E-state index contributed by atoms with van der Waals surface area (Å²) in [7, 11) is 4.15. The molecular weight excluding hydrogens is 334 g/mol. The van der Waals surface area contributed by atoms with E-state index >= 15 is 0 Å². The van der Waals surface area contributed by atoms with Gasteiger partial charge in [0.05, 0.1) is 5.56 Å². The molecule has 2 N–H and O–H groups in total. The number of carbonyl (C=O) groups is 1. The first-order valence-electron chi connectivity index (χ1n) is 8.79. The fourth-order valence-corrected chi connectivity index (χ4v) is 3.50. The molecule has 0 atom stereocenters. The Balaban J connectivity index is 2.58. The fraction of sp³-hybridized carbons (Fsp3) is 0.450. The largest absolute Gasteiger partial charge is 0.366 e. The van der Waals surface area contributed by atoms with Crippen LogP contribution in [-0.4, -0.2) is 36.0 Å². The fourth-order valence-electron chi connectivity index (χ4n) is 3.37. The van der Waals surface area contributed by atoms with Crippen LogP contribution in [0.5, 0.6) is 0 Å². The highest BCUT2D eigenvalue weighted by Crippen LogP contribution is 2.34. The van der Waals surface area contributed by atoms with Crippen molar-refractivity contribution in [3.8, 4) is 11.1 Å². The molecule has 0 aliphatic carbocycles. The lowest BCUT2D eigenvalue weighted by Gasteiger charge is -2.15. The van der Waals surface area contributed by atoms with Crippen molar-refractivity contribution < 1.29 is 4.79 Å². The molecule has 25 heavy (non-hydrogen) atoms. The molecule has 0 aliphatic rings. The average molecular weight is 362 g/mol. The Bertz CT molecular complexity index is 732. The van der Waals surface area contributed by atoms with Crippen LogP contribution in [0.4, 0.5) is 0 Å². The minimum Gasteiger partial charge on any atom is -0.366 e. The van der Waals surface area contributed by atoms with E-state index < -0.39 is 0 Å². The monoisotopic (exact) mass is 361 g/mol. The van der Waals surface area contributed by atoms with E-state index in [1.165, 1.54) is 5.69 Å². The molecule has 0 saturated heterocycles. The molecule has 1 aromatic carbocycles. The van der Waals surface area contributed by atoms with Gasteiger partial charge in [0.2, 0.25) is 0 Å². The Kier molecular flexibility index (Phi) is 6.68. The summed E-state index contributed by atoms with van der Waals surface area (Å²) < 4.78 is 2.27. The molecule has 1 amide bonds. The summed E-state index contributed by atoms with van der Waals surface area (Å²) in [6.07, 6.45) is 2.95. The topological polar surface area (TPSA) is 51.3 Å². The van der Waals surface area contributed by atoms with Crippen molar-refractivity contribution in [2.24, 2.45) is 5.73 Å². The van der Waals surface area contributed by atoms with Crippen LogP contribution in [0.15, 0.2) is 24.3 Å². The highest BCUT2D eigenvalue weighted by Gasteiger charge is 2.24. The second-order valence-electron chi connectivity index (χ2n) is 6.71. The summed E-state index contributed by atoms with van der Waals surface area (Å²) in [5.74, 6) is -0.369. The quantitative estimate of drug-likeness (QED) is 0.768. The SMILES string of the molecule is CCCc1c(-c2ccc(Cl)cc2)c(C(N)=O)c(C)n1CCCN(C)C. The minimum absolute atomic E-state index is 0.369. The highest BCUT2D eigenvalue weighted by molar-refractivity contribution is 6.30. The van der Waals surface area contributed by atoms with Crippen molar-refractivity contribution in [3.63, 3.8) is 0 Å². The first-order valence-corrected chi connectivity index (χ1v) is 9.17. The number of halogens is 1. The van der Waals surface area contributed by atoms with E-state index in [0.29, 0.717) is 10.6 Å². The van der Waals surface area contributed by atoms with Crippen molar-refractivity contribution in [2.45, 2.75) is 39.7 Å². The smallest absolute Gasteiger partial charge is 0.251 e. The molecule has 136 valence electrons. The zero-order valence-corrected chi connectivity index (χ0v) is 16.4. The first kappa shape index (κ1) is 19.5. The standard InChI is InChI=1S/C20H28ClN3O/c1-5-7-17-19(15-8-10-16(21)11-9-15)18(20(22)25)14(2)24(17)13-6-12-23(3)4/h8-11H,5-7,12-13H2,1-4H3,(H2,22,25). The summed E-state index contributed by atoms with van der Waals surface area (Å²) in [6.45, 7) is 6.04. The van der Waals surface area contributed by atoms with Gasteiger partial charge in [-0.05, 0) is 58.1 Å². The number of nitrogens with zero attached hydrogens (tertiary/aromatic N) is 2. The van der Waals surface area contributed by atoms with Crippen LogP contribution < -0.4 is 5.73 Å². The number of nitrogens with two attached hydrogens (primary N) is 1. The van der Waals surface area contributed by atoms with Gasteiger partial charge in [-0.15, -0.1) is 0 Å². The van der Waals surface area contributed by atoms with E-state index in [4.69, 9.17) is 17.3 Å². The van der Waals surface area contributed by atoms with Crippen LogP contribution in [0.25, 0.3) is 11.1 Å². The lowest BCUT2D eigenvalue weighted by Crippen LogP contribution is -2.17. The normalized spacial score (nSPS) is 11.3. The van der Waals surface area contributed by atoms with Gasteiger partial charge in [0.1, 0.15) is 0 Å². The molecule has 0 fully saturated rings. The van der Waals surface area contributed by atoms with E-state index in [1.54, 1.807) is 0 Å². The second-order valence-corrected chi connectivity index (χ2v) is 7.15. The van der Waals surface area contributed by atoms with Gasteiger partial charge >= 0.3 is 0 Å². The van der Waals surface area contributed by atoms with Crippen molar-refractivity contribution in [1.29, 1.82) is 0 Å². The zero-order valence-electron chi connectivity index (χ0n) is 15.6. The lowest BCUT2D eigenvalue weighted by atomic mass is 9.98. The van der Waals surface area contributed by atoms with Crippen molar-refractivity contribution >= 4 is 17.5 Å². The van der Waals surface area contributed by atoms with Crippen molar-refractivity contribution in [2.75, 3.05) is 20.6 Å². The molecule has 1 aromatic heterocycles. The van der Waals surface area contributed by atoms with Crippen LogP contribution in [0, 0.1) is 6.92 Å². The summed E-state index contributed by atoms with van der Waals surface area (Å²) in [5, 5.41) is 0.684. The molecule has 4 nitrogen and oxygen atoms in total. The van der Waals surface area contributed by atoms with Crippen LogP contribution in [0.2, 0.25) is 5.02 Å². The van der Waals surface area contributed by atoms with Gasteiger partial charge in [-0.2, -0.15) is 0 Å². The Morgan fingerprint density at radius 1 is 1.24 bits per heavy atom. The maximum atomic E-state index is 12.2. The number of benzene rings is 1. The van der Waals surface area contributed by atoms with E-state index in [-0.39, 0.29) is 5.91 Å². The Morgan fingerprint density at radius 2 is 1.88 bits per heavy atom. The molecule has 1 heterocycles. The van der Waals surface area contributed by atoms with Crippen LogP contribution in [0.1, 0.15) is 41.5 Å². The third kappa shape index (κ3) is 4.44. The lowest BCUT2D eigenvalue weighted by molar-refractivity contribution is 0.1000. The van der Waals surface area contributed by atoms with Gasteiger partial charge in [0.25, 0.3) is 5.91 Å². The maximum absolute atomic E-state index is 12.2. The molecule has 2 rings (SSSR count). The Labute approximate surface area is 155 Å². The number of carbonyl (C=O) groups excluding carboxylic acids is 1. The minimum atomic E-state index is -0.369. The zero-order chi connectivity index (χ0) is 18.6. The van der Waals surface area contributed by atoms with Gasteiger partial charge in [0.15, 0.2) is 0 Å². The van der Waals surface area contributed by atoms with Gasteiger partial charge in [-0.25, -0.2) is 0 Å². The van der Waals surface area contributed by atoms with Crippen LogP contribution in [-0.2, 0) is 13.0 Å². The number of hydrogen-bond acceptors (Lipinski definition) is 2. The number of rotatable bonds is 8. The van der Waals surface area contributed by atoms with Gasteiger partial charge < -0.3 is 15.2 Å². The molecule has 0 unspecified atom stereocenters. The highest BCUT2D eigenvalue weighted by atomic mass is 35.5. The average Bonchev–Trinajstić information content (AvgIpc) is 2.81. The van der Waals surface area contributed by atoms with Gasteiger partial charge in [-0.1, -0.05) is 37.1 Å². The van der Waals surface area contributed by atoms with Crippen LogP contribution in [0.3, 0.4) is 0 Å². The summed E-state index contributed by atoms with van der Waals surface area (Å²) in [4.78, 5) is 14.4. The van der Waals surface area contributed by atoms with E-state index in [1.807, 2.05) is 31.2 Å². The van der Waals surface area contributed by atoms with Crippen molar-refractivity contribution in [1.82, 2.24) is 9.47 Å². The molecule has 0 bridgehead atoms. The predicted octanol–water partition coefficient (Wildman–Crippen LogP) is 4.12. The first-order chi connectivity index (χ1) is 11.9. The number of amides is 1. The van der Waals surface area contributed by atoms with Gasteiger partial charge in [-0.3, -0.25) is 4.79 Å². The van der Waals surface area contributed by atoms with E-state index in [9.17, 15) is 4.79 Å². The molecule has 0 spiro atoms. The number of aromatic nitrogens is 1. The molecule has 2 aromatic rings. The van der Waals surface area contributed by atoms with Gasteiger partial charge in [0, 0.05) is 28.5 Å². The molecule has 0 aliphatic heterocycles. The molecular formula is C20H28ClN3O. The molecule has 5 heteroatoms. The van der Waals surface area contributed by atoms with Crippen LogP contribution >= 0.6 is 11.6 Å². The third-order valence-electron chi connectivity index (χ3n) is 4.48. The van der Waals surface area contributed by atoms with Crippen molar-refractivity contribution in [3.05, 3.63) is 46.2 Å². The Hall–Kier alpha value is -1.78. The summed E-state index contributed by atoms with van der Waals surface area (Å²) in [5.41, 5.74) is 10.5. The molecule has 0 radical (unpaired) electrons. The maximum Gasteiger partial charge on any atom is 0.251 e. The number of hydrogen-bond donors (Lipinski definition) is 1. The summed E-state index contributed by atoms with van der Waals surface area (Å²) in [6, 6.07) is 7.64.